The summed E-state index contributed by atoms with van der Waals surface area (Å²) in [5, 5.41) is 7.38. The topological polar surface area (TPSA) is 116 Å². The van der Waals surface area contributed by atoms with Gasteiger partial charge in [0.15, 0.2) is 0 Å². The number of carbonyl (C=O) groups is 3. The number of aromatic nitrogens is 3. The van der Waals surface area contributed by atoms with E-state index in [4.69, 9.17) is 9.47 Å². The lowest BCUT2D eigenvalue weighted by Gasteiger charge is -2.28. The highest BCUT2D eigenvalue weighted by Crippen LogP contribution is 2.34. The highest BCUT2D eigenvalue weighted by atomic mass is 16.6. The first-order chi connectivity index (χ1) is 17.1. The van der Waals surface area contributed by atoms with Crippen LogP contribution in [0.4, 0.5) is 5.95 Å². The van der Waals surface area contributed by atoms with Crippen LogP contribution in [0.5, 0.6) is 0 Å². The molecule has 2 aromatic carbocycles. The van der Waals surface area contributed by atoms with Crippen molar-refractivity contribution in [1.82, 2.24) is 19.7 Å². The zero-order valence-corrected chi connectivity index (χ0v) is 19.0. The largest absolute Gasteiger partial charge is 0.460 e. The Kier molecular flexibility index (Phi) is 6.11. The Labute approximate surface area is 201 Å². The van der Waals surface area contributed by atoms with E-state index in [1.165, 1.54) is 11.2 Å². The number of hydrogen-bond donors (Lipinski definition) is 1. The molecule has 10 nitrogen and oxygen atoms in total. The van der Waals surface area contributed by atoms with Gasteiger partial charge in [0.2, 0.25) is 5.95 Å². The number of nitrogens with zero attached hydrogens (tertiary/aromatic N) is 4. The van der Waals surface area contributed by atoms with Crippen LogP contribution in [0.25, 0.3) is 0 Å². The maximum atomic E-state index is 13.0. The molecule has 35 heavy (non-hydrogen) atoms. The van der Waals surface area contributed by atoms with Crippen LogP contribution in [0.15, 0.2) is 72.2 Å². The van der Waals surface area contributed by atoms with E-state index >= 15 is 0 Å². The van der Waals surface area contributed by atoms with Gasteiger partial charge in [0.1, 0.15) is 19.0 Å². The second-order valence-electron chi connectivity index (χ2n) is 8.06. The monoisotopic (exact) mass is 473 g/mol. The molecule has 0 radical (unpaired) electrons. The Hall–Kier alpha value is -4.31. The predicted molar refractivity (Wildman–Crippen MR) is 125 cm³/mol. The lowest BCUT2D eigenvalue weighted by Crippen LogP contribution is -2.33. The zero-order chi connectivity index (χ0) is 24.4. The van der Waals surface area contributed by atoms with E-state index in [2.05, 4.69) is 15.4 Å². The molecular weight excluding hydrogens is 450 g/mol. The molecule has 0 spiro atoms. The Morgan fingerprint density at radius 2 is 1.66 bits per heavy atom. The smallest absolute Gasteiger partial charge is 0.338 e. The third-order valence-corrected chi connectivity index (χ3v) is 5.93. The number of anilines is 1. The molecule has 2 amide bonds. The van der Waals surface area contributed by atoms with Crippen LogP contribution in [0.1, 0.15) is 39.2 Å². The van der Waals surface area contributed by atoms with Crippen molar-refractivity contribution in [3.8, 4) is 0 Å². The minimum Gasteiger partial charge on any atom is -0.460 e. The van der Waals surface area contributed by atoms with Gasteiger partial charge in [0, 0.05) is 5.70 Å². The number of allylic oxidation sites excluding steroid dienone is 1. The van der Waals surface area contributed by atoms with E-state index in [1.807, 2.05) is 30.3 Å². The standard InChI is InChI=1S/C25H23N5O5/c1-16-20(21(17-7-3-2-4-8-17)30-25(28-16)26-15-27-30)24(33)35-14-13-34-12-11-29-22(31)18-9-5-6-10-19(18)23(29)32/h2-10,15,21H,11-14H2,1H3,(H,26,27,28). The van der Waals surface area contributed by atoms with Crippen LogP contribution >= 0.6 is 0 Å². The average Bonchev–Trinajstić information content (AvgIpc) is 3.43. The molecule has 5 rings (SSSR count). The summed E-state index contributed by atoms with van der Waals surface area (Å²) in [7, 11) is 0. The minimum absolute atomic E-state index is 0.0173. The summed E-state index contributed by atoms with van der Waals surface area (Å²) in [6.45, 7) is 2.20. The van der Waals surface area contributed by atoms with Gasteiger partial charge in [-0.25, -0.2) is 9.48 Å². The maximum Gasteiger partial charge on any atom is 0.338 e. The number of carbonyl (C=O) groups excluding carboxylic acids is 3. The van der Waals surface area contributed by atoms with Crippen molar-refractivity contribution in [3.63, 3.8) is 0 Å². The number of ether oxygens (including phenoxy) is 2. The number of hydrogen-bond acceptors (Lipinski definition) is 8. The van der Waals surface area contributed by atoms with E-state index in [9.17, 15) is 14.4 Å². The molecule has 2 aliphatic heterocycles. The van der Waals surface area contributed by atoms with Crippen molar-refractivity contribution < 1.29 is 23.9 Å². The number of benzene rings is 2. The molecule has 0 saturated carbocycles. The molecule has 0 saturated heterocycles. The second kappa shape index (κ2) is 9.51. The van der Waals surface area contributed by atoms with Crippen molar-refractivity contribution in [2.45, 2.75) is 13.0 Å². The molecule has 0 fully saturated rings. The summed E-state index contributed by atoms with van der Waals surface area (Å²) in [4.78, 5) is 43.2. The summed E-state index contributed by atoms with van der Waals surface area (Å²) < 4.78 is 12.7. The molecule has 0 bridgehead atoms. The molecule has 3 aromatic rings. The highest BCUT2D eigenvalue weighted by molar-refractivity contribution is 6.21. The van der Waals surface area contributed by atoms with Gasteiger partial charge >= 0.3 is 5.97 Å². The van der Waals surface area contributed by atoms with E-state index in [0.29, 0.717) is 28.3 Å². The van der Waals surface area contributed by atoms with Crippen LogP contribution in [0.3, 0.4) is 0 Å². The average molecular weight is 473 g/mol. The lowest BCUT2D eigenvalue weighted by molar-refractivity contribution is -0.141. The number of amides is 2. The number of nitrogens with one attached hydrogen (secondary N) is 1. The molecule has 10 heteroatoms. The Morgan fingerprint density at radius 3 is 2.37 bits per heavy atom. The fourth-order valence-electron chi connectivity index (χ4n) is 4.27. The lowest BCUT2D eigenvalue weighted by atomic mass is 9.96. The quantitative estimate of drug-likeness (QED) is 0.301. The van der Waals surface area contributed by atoms with E-state index in [-0.39, 0.29) is 38.2 Å². The van der Waals surface area contributed by atoms with Crippen molar-refractivity contribution in [2.75, 3.05) is 31.7 Å². The predicted octanol–water partition coefficient (Wildman–Crippen LogP) is 2.42. The van der Waals surface area contributed by atoms with Gasteiger partial charge in [-0.05, 0) is 24.6 Å². The van der Waals surface area contributed by atoms with Crippen molar-refractivity contribution in [3.05, 3.63) is 88.9 Å². The Morgan fingerprint density at radius 1 is 0.971 bits per heavy atom. The van der Waals surface area contributed by atoms with Gasteiger partial charge in [0.05, 0.1) is 36.5 Å². The van der Waals surface area contributed by atoms with Crippen LogP contribution in [0, 0.1) is 0 Å². The van der Waals surface area contributed by atoms with E-state index < -0.39 is 12.0 Å². The Balaban J connectivity index is 1.16. The van der Waals surface area contributed by atoms with Crippen LogP contribution in [-0.4, -0.2) is 63.8 Å². The van der Waals surface area contributed by atoms with Gasteiger partial charge in [-0.2, -0.15) is 10.1 Å². The maximum absolute atomic E-state index is 13.0. The molecule has 1 aromatic heterocycles. The number of fused-ring (bicyclic) bond motifs is 2. The number of rotatable bonds is 8. The van der Waals surface area contributed by atoms with Crippen molar-refractivity contribution in [2.24, 2.45) is 0 Å². The van der Waals surface area contributed by atoms with E-state index in [0.717, 1.165) is 5.56 Å². The first kappa shape index (κ1) is 22.5. The first-order valence-corrected chi connectivity index (χ1v) is 11.2. The van der Waals surface area contributed by atoms with Gasteiger partial charge < -0.3 is 14.8 Å². The first-order valence-electron chi connectivity index (χ1n) is 11.2. The van der Waals surface area contributed by atoms with Crippen LogP contribution in [-0.2, 0) is 14.3 Å². The Bertz CT molecular complexity index is 1280. The molecular formula is C25H23N5O5. The van der Waals surface area contributed by atoms with Crippen molar-refractivity contribution >= 4 is 23.7 Å². The highest BCUT2D eigenvalue weighted by Gasteiger charge is 2.35. The molecule has 178 valence electrons. The second-order valence-corrected chi connectivity index (χ2v) is 8.06. The fraction of sp³-hybridized carbons (Fsp3) is 0.240. The van der Waals surface area contributed by atoms with Gasteiger partial charge in [0.25, 0.3) is 11.8 Å². The van der Waals surface area contributed by atoms with Crippen LogP contribution < -0.4 is 5.32 Å². The molecule has 1 N–H and O–H groups in total. The van der Waals surface area contributed by atoms with Gasteiger partial charge in [-0.3, -0.25) is 14.5 Å². The summed E-state index contributed by atoms with van der Waals surface area (Å²) in [5.74, 6) is -0.599. The van der Waals surface area contributed by atoms with Gasteiger partial charge in [-0.15, -0.1) is 0 Å². The SMILES string of the molecule is CC1=C(C(=O)OCCOCCN2C(=O)c3ccccc3C2=O)C(c2ccccc2)n2ncnc2N1. The van der Waals surface area contributed by atoms with Crippen molar-refractivity contribution in [1.29, 1.82) is 0 Å². The summed E-state index contributed by atoms with van der Waals surface area (Å²) in [6, 6.07) is 15.8. The summed E-state index contributed by atoms with van der Waals surface area (Å²) in [5.41, 5.74) is 2.75. The number of imide groups is 1. The number of esters is 1. The zero-order valence-electron chi connectivity index (χ0n) is 19.0. The molecule has 2 aliphatic rings. The third kappa shape index (κ3) is 4.19. The van der Waals surface area contributed by atoms with Gasteiger partial charge in [-0.1, -0.05) is 42.5 Å². The molecule has 1 unspecified atom stereocenters. The molecule has 1 atom stereocenters. The normalized spacial score (nSPS) is 16.7. The van der Waals surface area contributed by atoms with Crippen LogP contribution in [0.2, 0.25) is 0 Å². The summed E-state index contributed by atoms with van der Waals surface area (Å²) >= 11 is 0. The minimum atomic E-state index is -0.492. The van der Waals surface area contributed by atoms with E-state index in [1.54, 1.807) is 35.9 Å². The third-order valence-electron chi connectivity index (χ3n) is 5.93. The fourth-order valence-corrected chi connectivity index (χ4v) is 4.27. The summed E-state index contributed by atoms with van der Waals surface area (Å²) in [6.07, 6.45) is 1.43. The molecule has 0 aliphatic carbocycles. The molecule has 3 heterocycles.